The molecule has 1 aliphatic heterocycles. The largest absolute Gasteiger partial charge is 0.490 e. The number of carbonyl (C=O) groups is 2. The number of hydrogen-bond donors (Lipinski definition) is 3. The maximum Gasteiger partial charge on any atom is 0.490 e. The number of nitrogens with one attached hydrogen (secondary N) is 1. The lowest BCUT2D eigenvalue weighted by Gasteiger charge is -2.33. The molecule has 14 heteroatoms. The van der Waals surface area contributed by atoms with Gasteiger partial charge in [-0.3, -0.25) is 4.72 Å². The maximum absolute atomic E-state index is 12.7. The van der Waals surface area contributed by atoms with Gasteiger partial charge in [0.1, 0.15) is 16.3 Å². The van der Waals surface area contributed by atoms with E-state index in [0.717, 1.165) is 19.3 Å². The highest BCUT2D eigenvalue weighted by Gasteiger charge is 2.38. The molecule has 0 unspecified atom stereocenters. The molecule has 0 aliphatic carbocycles. The van der Waals surface area contributed by atoms with Crippen molar-refractivity contribution >= 4 is 45.1 Å². The molecule has 0 spiro atoms. The fraction of sp³-hybridized carbons (Fsp3) is 0.269. The monoisotopic (exact) mass is 599 g/mol. The summed E-state index contributed by atoms with van der Waals surface area (Å²) in [7, 11) is -3.99. The van der Waals surface area contributed by atoms with E-state index in [1.54, 1.807) is 12.1 Å². The fourth-order valence-corrected chi connectivity index (χ4v) is 5.65. The first kappa shape index (κ1) is 30.7. The van der Waals surface area contributed by atoms with Crippen molar-refractivity contribution in [3.63, 3.8) is 0 Å². The number of anilines is 2. The SMILES string of the molecule is O=C(O)C(F)(F)F.O=C(O)c1cc(NS(=O)(=O)c2ccccc2Cl)cnc1N1CCC(Cc2ccccc2)CC1. The third-order valence-electron chi connectivity index (χ3n) is 6.00. The molecular weight excluding hydrogens is 575 g/mol. The van der Waals surface area contributed by atoms with E-state index in [0.29, 0.717) is 24.8 Å². The van der Waals surface area contributed by atoms with Crippen molar-refractivity contribution in [1.29, 1.82) is 0 Å². The van der Waals surface area contributed by atoms with Gasteiger partial charge in [0.2, 0.25) is 0 Å². The number of piperidine rings is 1. The smallest absolute Gasteiger partial charge is 0.478 e. The van der Waals surface area contributed by atoms with E-state index >= 15 is 0 Å². The fourth-order valence-electron chi connectivity index (χ4n) is 4.09. The van der Waals surface area contributed by atoms with Crippen LogP contribution in [0.3, 0.4) is 0 Å². The summed E-state index contributed by atoms with van der Waals surface area (Å²) in [5.41, 5.74) is 1.32. The van der Waals surface area contributed by atoms with Crippen LogP contribution in [0.4, 0.5) is 24.7 Å². The van der Waals surface area contributed by atoms with Gasteiger partial charge in [0.15, 0.2) is 0 Å². The minimum atomic E-state index is -5.08. The standard InChI is InChI=1S/C24H24ClN3O4S.C2HF3O2/c25-21-8-4-5-9-22(21)33(31,32)27-19-15-20(24(29)30)23(26-16-19)28-12-10-18(11-13-28)14-17-6-2-1-3-7-17;3-2(4,5)1(6)7/h1-9,15-16,18,27H,10-14H2,(H,29,30);(H,6,7). The van der Waals surface area contributed by atoms with Crippen LogP contribution in [0.15, 0.2) is 71.8 Å². The molecule has 4 rings (SSSR count). The molecule has 0 bridgehead atoms. The van der Waals surface area contributed by atoms with Crippen LogP contribution in [-0.4, -0.2) is 54.8 Å². The summed E-state index contributed by atoms with van der Waals surface area (Å²) >= 11 is 6.01. The van der Waals surface area contributed by atoms with Crippen LogP contribution in [0.5, 0.6) is 0 Å². The van der Waals surface area contributed by atoms with Gasteiger partial charge in [-0.2, -0.15) is 13.2 Å². The molecule has 1 aliphatic rings. The molecular formula is C26H25ClF3N3O6S. The lowest BCUT2D eigenvalue weighted by Crippen LogP contribution is -2.36. The van der Waals surface area contributed by atoms with Crippen molar-refractivity contribution in [3.8, 4) is 0 Å². The molecule has 1 fully saturated rings. The van der Waals surface area contributed by atoms with Gasteiger partial charge < -0.3 is 15.1 Å². The predicted molar refractivity (Wildman–Crippen MR) is 142 cm³/mol. The maximum atomic E-state index is 12.7. The van der Waals surface area contributed by atoms with E-state index in [4.69, 9.17) is 21.5 Å². The number of aromatic nitrogens is 1. The molecule has 1 saturated heterocycles. The first-order valence-electron chi connectivity index (χ1n) is 11.9. The van der Waals surface area contributed by atoms with Gasteiger partial charge in [0.05, 0.1) is 16.9 Å². The average Bonchev–Trinajstić information content (AvgIpc) is 2.89. The van der Waals surface area contributed by atoms with Crippen LogP contribution in [0, 0.1) is 5.92 Å². The molecule has 2 aromatic carbocycles. The van der Waals surface area contributed by atoms with Crippen molar-refractivity contribution in [2.75, 3.05) is 22.7 Å². The predicted octanol–water partition coefficient (Wildman–Crippen LogP) is 5.33. The quantitative estimate of drug-likeness (QED) is 0.332. The summed E-state index contributed by atoms with van der Waals surface area (Å²) in [6.45, 7) is 1.38. The first-order chi connectivity index (χ1) is 18.8. The van der Waals surface area contributed by atoms with Gasteiger partial charge in [0, 0.05) is 13.1 Å². The Morgan fingerprint density at radius 3 is 2.15 bits per heavy atom. The highest BCUT2D eigenvalue weighted by atomic mass is 35.5. The first-order valence-corrected chi connectivity index (χ1v) is 13.7. The number of sulfonamides is 1. The van der Waals surface area contributed by atoms with Gasteiger partial charge in [-0.15, -0.1) is 0 Å². The summed E-state index contributed by atoms with van der Waals surface area (Å²) in [5.74, 6) is -3.05. The van der Waals surface area contributed by atoms with E-state index < -0.39 is 28.1 Å². The average molecular weight is 600 g/mol. The number of carboxylic acid groups (broad SMARTS) is 2. The second-order valence-electron chi connectivity index (χ2n) is 8.86. The number of alkyl halides is 3. The summed E-state index contributed by atoms with van der Waals surface area (Å²) in [5, 5.41) is 17.0. The van der Waals surface area contributed by atoms with Crippen LogP contribution < -0.4 is 9.62 Å². The molecule has 3 N–H and O–H groups in total. The summed E-state index contributed by atoms with van der Waals surface area (Å²) < 4.78 is 59.5. The Bertz CT molecular complexity index is 1450. The second-order valence-corrected chi connectivity index (χ2v) is 10.9. The van der Waals surface area contributed by atoms with Crippen molar-refractivity contribution in [2.45, 2.75) is 30.3 Å². The molecule has 40 heavy (non-hydrogen) atoms. The van der Waals surface area contributed by atoms with Crippen LogP contribution in [0.2, 0.25) is 5.02 Å². The summed E-state index contributed by atoms with van der Waals surface area (Å²) in [6, 6.07) is 17.7. The molecule has 0 radical (unpaired) electrons. The highest BCUT2D eigenvalue weighted by Crippen LogP contribution is 2.29. The number of rotatable bonds is 7. The van der Waals surface area contributed by atoms with Crippen molar-refractivity contribution in [3.05, 3.63) is 83.0 Å². The molecule has 0 amide bonds. The van der Waals surface area contributed by atoms with Crippen LogP contribution in [0.1, 0.15) is 28.8 Å². The Hall–Kier alpha value is -3.84. The molecule has 9 nitrogen and oxygen atoms in total. The zero-order valence-electron chi connectivity index (χ0n) is 20.8. The molecule has 0 atom stereocenters. The normalized spacial score (nSPS) is 14.2. The Kier molecular flexibility index (Phi) is 9.98. The van der Waals surface area contributed by atoms with Crippen molar-refractivity contribution in [2.24, 2.45) is 5.92 Å². The van der Waals surface area contributed by atoms with Crippen LogP contribution >= 0.6 is 11.6 Å². The molecule has 1 aromatic heterocycles. The minimum absolute atomic E-state index is 0.0455. The van der Waals surface area contributed by atoms with E-state index in [-0.39, 0.29) is 21.2 Å². The van der Waals surface area contributed by atoms with Gasteiger partial charge in [-0.1, -0.05) is 54.1 Å². The third kappa shape index (κ3) is 8.33. The number of benzene rings is 2. The summed E-state index contributed by atoms with van der Waals surface area (Å²) in [6.07, 6.45) is -0.893. The lowest BCUT2D eigenvalue weighted by molar-refractivity contribution is -0.192. The van der Waals surface area contributed by atoms with Gasteiger partial charge in [-0.25, -0.2) is 23.0 Å². The Balaban J connectivity index is 0.000000559. The van der Waals surface area contributed by atoms with E-state index in [1.165, 1.54) is 30.0 Å². The number of pyridine rings is 1. The number of carboxylic acids is 2. The van der Waals surface area contributed by atoms with Gasteiger partial charge in [-0.05, 0) is 48.9 Å². The number of aromatic carboxylic acids is 1. The highest BCUT2D eigenvalue weighted by molar-refractivity contribution is 7.92. The molecule has 3 aromatic rings. The summed E-state index contributed by atoms with van der Waals surface area (Å²) in [4.78, 5) is 27.0. The third-order valence-corrected chi connectivity index (χ3v) is 7.88. The van der Waals surface area contributed by atoms with E-state index in [1.807, 2.05) is 23.1 Å². The molecule has 214 valence electrons. The number of halogens is 4. The van der Waals surface area contributed by atoms with Crippen molar-refractivity contribution in [1.82, 2.24) is 4.98 Å². The minimum Gasteiger partial charge on any atom is -0.478 e. The Labute approximate surface area is 233 Å². The Morgan fingerprint density at radius 1 is 1.02 bits per heavy atom. The van der Waals surface area contributed by atoms with Gasteiger partial charge >= 0.3 is 18.1 Å². The molecule has 2 heterocycles. The number of hydrogen-bond acceptors (Lipinski definition) is 6. The lowest BCUT2D eigenvalue weighted by atomic mass is 9.90. The number of aliphatic carboxylic acids is 1. The Morgan fingerprint density at radius 2 is 1.60 bits per heavy atom. The second kappa shape index (κ2) is 13.0. The zero-order chi connectivity index (χ0) is 29.5. The van der Waals surface area contributed by atoms with Crippen LogP contribution in [-0.2, 0) is 21.2 Å². The van der Waals surface area contributed by atoms with Crippen molar-refractivity contribution < 1.29 is 41.4 Å². The molecule has 0 saturated carbocycles. The van der Waals surface area contributed by atoms with E-state index in [9.17, 15) is 31.5 Å². The van der Waals surface area contributed by atoms with Crippen LogP contribution in [0.25, 0.3) is 0 Å². The van der Waals surface area contributed by atoms with Gasteiger partial charge in [0.25, 0.3) is 10.0 Å². The van der Waals surface area contributed by atoms with E-state index in [2.05, 4.69) is 21.8 Å². The topological polar surface area (TPSA) is 137 Å². The number of nitrogens with zero attached hydrogens (tertiary/aromatic N) is 2. The zero-order valence-corrected chi connectivity index (χ0v) is 22.4.